The molecule has 1 saturated carbocycles. The van der Waals surface area contributed by atoms with Crippen LogP contribution in [-0.2, 0) is 0 Å². The van der Waals surface area contributed by atoms with Gasteiger partial charge in [0, 0.05) is 6.54 Å². The molecule has 84 valence electrons. The minimum absolute atomic E-state index is 0.480. The average Bonchev–Trinajstić information content (AvgIpc) is 2.38. The Bertz CT molecular complexity index is 375. The van der Waals surface area contributed by atoms with Crippen molar-refractivity contribution in [3.63, 3.8) is 0 Å². The highest BCUT2D eigenvalue weighted by atomic mass is 15.0. The number of pyridine rings is 1. The third-order valence-corrected chi connectivity index (χ3v) is 3.16. The summed E-state index contributed by atoms with van der Waals surface area (Å²) in [6.45, 7) is 0.988. The maximum atomic E-state index is 8.74. The highest BCUT2D eigenvalue weighted by Gasteiger charge is 2.12. The summed E-state index contributed by atoms with van der Waals surface area (Å²) in [6, 6.07) is 7.57. The predicted octanol–water partition coefficient (Wildman–Crippen LogP) is 2.95. The first-order chi connectivity index (χ1) is 7.88. The SMILES string of the molecule is N#Cc1cccc(NCC2CCCCC2)n1. The van der Waals surface area contributed by atoms with Crippen molar-refractivity contribution in [2.75, 3.05) is 11.9 Å². The van der Waals surface area contributed by atoms with Crippen LogP contribution >= 0.6 is 0 Å². The van der Waals surface area contributed by atoms with Gasteiger partial charge in [0.25, 0.3) is 0 Å². The van der Waals surface area contributed by atoms with E-state index < -0.39 is 0 Å². The summed E-state index contributed by atoms with van der Waals surface area (Å²) in [4.78, 5) is 4.20. The van der Waals surface area contributed by atoms with Crippen LogP contribution in [0.25, 0.3) is 0 Å². The van der Waals surface area contributed by atoms with Gasteiger partial charge < -0.3 is 5.32 Å². The van der Waals surface area contributed by atoms with Gasteiger partial charge in [0.1, 0.15) is 17.6 Å². The minimum Gasteiger partial charge on any atom is -0.370 e. The smallest absolute Gasteiger partial charge is 0.142 e. The highest BCUT2D eigenvalue weighted by Crippen LogP contribution is 2.23. The molecular formula is C13H17N3. The zero-order chi connectivity index (χ0) is 11.2. The van der Waals surface area contributed by atoms with Crippen LogP contribution in [0.2, 0.25) is 0 Å². The molecule has 0 spiro atoms. The summed E-state index contributed by atoms with van der Waals surface area (Å²) < 4.78 is 0. The minimum atomic E-state index is 0.480. The summed E-state index contributed by atoms with van der Waals surface area (Å²) in [5.41, 5.74) is 0.480. The number of nitrogens with one attached hydrogen (secondary N) is 1. The van der Waals surface area contributed by atoms with E-state index in [1.807, 2.05) is 12.1 Å². The Morgan fingerprint density at radius 2 is 2.12 bits per heavy atom. The van der Waals surface area contributed by atoms with Gasteiger partial charge in [0.15, 0.2) is 0 Å². The van der Waals surface area contributed by atoms with E-state index in [0.717, 1.165) is 18.3 Å². The molecule has 3 nitrogen and oxygen atoms in total. The Morgan fingerprint density at radius 3 is 2.88 bits per heavy atom. The molecule has 3 heteroatoms. The number of rotatable bonds is 3. The molecule has 0 atom stereocenters. The van der Waals surface area contributed by atoms with Crippen molar-refractivity contribution in [1.29, 1.82) is 5.26 Å². The standard InChI is InChI=1S/C13H17N3/c14-9-12-7-4-8-13(16-12)15-10-11-5-2-1-3-6-11/h4,7-8,11H,1-3,5-6,10H2,(H,15,16). The van der Waals surface area contributed by atoms with Gasteiger partial charge in [-0.25, -0.2) is 4.98 Å². The second kappa shape index (κ2) is 5.50. The number of anilines is 1. The van der Waals surface area contributed by atoms with E-state index in [0.29, 0.717) is 5.69 Å². The molecule has 1 aliphatic rings. The molecule has 1 N–H and O–H groups in total. The van der Waals surface area contributed by atoms with E-state index in [1.54, 1.807) is 6.07 Å². The Kier molecular flexibility index (Phi) is 3.76. The Hall–Kier alpha value is -1.56. The lowest BCUT2D eigenvalue weighted by molar-refractivity contribution is 0.373. The predicted molar refractivity (Wildman–Crippen MR) is 64.0 cm³/mol. The van der Waals surface area contributed by atoms with Gasteiger partial charge >= 0.3 is 0 Å². The summed E-state index contributed by atoms with van der Waals surface area (Å²) >= 11 is 0. The molecule has 1 heterocycles. The molecule has 1 aliphatic carbocycles. The Labute approximate surface area is 96.5 Å². The fourth-order valence-electron chi connectivity index (χ4n) is 2.24. The van der Waals surface area contributed by atoms with Crippen molar-refractivity contribution in [1.82, 2.24) is 4.98 Å². The van der Waals surface area contributed by atoms with Crippen LogP contribution < -0.4 is 5.32 Å². The molecule has 16 heavy (non-hydrogen) atoms. The van der Waals surface area contributed by atoms with E-state index in [2.05, 4.69) is 16.4 Å². The first kappa shape index (κ1) is 10.9. The van der Waals surface area contributed by atoms with Crippen LogP contribution in [0, 0.1) is 17.2 Å². The lowest BCUT2D eigenvalue weighted by atomic mass is 9.89. The van der Waals surface area contributed by atoms with Gasteiger partial charge in [0.05, 0.1) is 0 Å². The van der Waals surface area contributed by atoms with Crippen molar-refractivity contribution in [2.24, 2.45) is 5.92 Å². The average molecular weight is 215 g/mol. The topological polar surface area (TPSA) is 48.7 Å². The third kappa shape index (κ3) is 2.96. The summed E-state index contributed by atoms with van der Waals surface area (Å²) in [5, 5.41) is 12.1. The van der Waals surface area contributed by atoms with Gasteiger partial charge in [-0.15, -0.1) is 0 Å². The molecule has 0 amide bonds. The van der Waals surface area contributed by atoms with Gasteiger partial charge in [-0.3, -0.25) is 0 Å². The van der Waals surface area contributed by atoms with Crippen molar-refractivity contribution in [3.05, 3.63) is 23.9 Å². The number of aromatic nitrogens is 1. The van der Waals surface area contributed by atoms with Crippen molar-refractivity contribution < 1.29 is 0 Å². The van der Waals surface area contributed by atoms with Crippen LogP contribution in [0.3, 0.4) is 0 Å². The molecule has 0 aliphatic heterocycles. The normalized spacial score (nSPS) is 16.7. The summed E-state index contributed by atoms with van der Waals surface area (Å²) in [5.74, 6) is 1.60. The third-order valence-electron chi connectivity index (χ3n) is 3.16. The van der Waals surface area contributed by atoms with Crippen LogP contribution in [-0.4, -0.2) is 11.5 Å². The van der Waals surface area contributed by atoms with E-state index >= 15 is 0 Å². The van der Waals surface area contributed by atoms with E-state index in [4.69, 9.17) is 5.26 Å². The largest absolute Gasteiger partial charge is 0.370 e. The fourth-order valence-corrected chi connectivity index (χ4v) is 2.24. The van der Waals surface area contributed by atoms with E-state index in [1.165, 1.54) is 32.1 Å². The van der Waals surface area contributed by atoms with Crippen LogP contribution in [0.15, 0.2) is 18.2 Å². The first-order valence-corrected chi connectivity index (χ1v) is 5.99. The van der Waals surface area contributed by atoms with Crippen LogP contribution in [0.4, 0.5) is 5.82 Å². The molecule has 0 radical (unpaired) electrons. The molecule has 1 aromatic rings. The molecule has 0 aromatic carbocycles. The van der Waals surface area contributed by atoms with Crippen molar-refractivity contribution in [2.45, 2.75) is 32.1 Å². The number of hydrogen-bond donors (Lipinski definition) is 1. The molecule has 0 unspecified atom stereocenters. The number of nitrogens with zero attached hydrogens (tertiary/aromatic N) is 2. The molecule has 0 bridgehead atoms. The Balaban J connectivity index is 1.86. The van der Waals surface area contributed by atoms with Crippen LogP contribution in [0.5, 0.6) is 0 Å². The van der Waals surface area contributed by atoms with E-state index in [9.17, 15) is 0 Å². The zero-order valence-electron chi connectivity index (χ0n) is 9.45. The molecular weight excluding hydrogens is 198 g/mol. The second-order valence-corrected chi connectivity index (χ2v) is 4.40. The maximum absolute atomic E-state index is 8.74. The molecule has 1 fully saturated rings. The van der Waals surface area contributed by atoms with Gasteiger partial charge in [-0.1, -0.05) is 25.3 Å². The lowest BCUT2D eigenvalue weighted by Gasteiger charge is -2.21. The quantitative estimate of drug-likeness (QED) is 0.843. The monoisotopic (exact) mass is 215 g/mol. The van der Waals surface area contributed by atoms with Gasteiger partial charge in [0.2, 0.25) is 0 Å². The van der Waals surface area contributed by atoms with Crippen molar-refractivity contribution >= 4 is 5.82 Å². The Morgan fingerprint density at radius 1 is 1.31 bits per heavy atom. The van der Waals surface area contributed by atoms with E-state index in [-0.39, 0.29) is 0 Å². The number of nitriles is 1. The van der Waals surface area contributed by atoms with Crippen LogP contribution in [0.1, 0.15) is 37.8 Å². The van der Waals surface area contributed by atoms with Crippen molar-refractivity contribution in [3.8, 4) is 6.07 Å². The lowest BCUT2D eigenvalue weighted by Crippen LogP contribution is -2.17. The molecule has 2 rings (SSSR count). The van der Waals surface area contributed by atoms with Gasteiger partial charge in [-0.2, -0.15) is 5.26 Å². The summed E-state index contributed by atoms with van der Waals surface area (Å²) in [7, 11) is 0. The maximum Gasteiger partial charge on any atom is 0.142 e. The van der Waals surface area contributed by atoms with Gasteiger partial charge in [-0.05, 0) is 30.9 Å². The zero-order valence-corrected chi connectivity index (χ0v) is 9.45. The first-order valence-electron chi connectivity index (χ1n) is 5.99. The highest BCUT2D eigenvalue weighted by molar-refractivity contribution is 5.38. The summed E-state index contributed by atoms with van der Waals surface area (Å²) in [6.07, 6.45) is 6.75. The molecule has 1 aromatic heterocycles. The molecule has 0 saturated heterocycles. The number of hydrogen-bond acceptors (Lipinski definition) is 3. The fraction of sp³-hybridized carbons (Fsp3) is 0.538. The second-order valence-electron chi connectivity index (χ2n) is 4.40.